The minimum atomic E-state index is 0.287. The normalized spacial score (nSPS) is 36.0. The van der Waals surface area contributed by atoms with Crippen LogP contribution in [0.5, 0.6) is 0 Å². The fourth-order valence-electron chi connectivity index (χ4n) is 1.57. The first-order chi connectivity index (χ1) is 7.81. The van der Waals surface area contributed by atoms with Gasteiger partial charge in [0, 0.05) is 13.1 Å². The van der Waals surface area contributed by atoms with Gasteiger partial charge in [0.2, 0.25) is 0 Å². The van der Waals surface area contributed by atoms with E-state index in [1.807, 2.05) is 0 Å². The Morgan fingerprint density at radius 1 is 1.06 bits per heavy atom. The second-order valence-corrected chi connectivity index (χ2v) is 4.47. The highest BCUT2D eigenvalue weighted by atomic mass is 16.6. The number of guanidine groups is 1. The molecular weight excluding hydrogens is 210 g/mol. The largest absolute Gasteiger partial charge is 0.371 e. The fraction of sp³-hybridized carbons (Fsp3) is 0.900. The van der Waals surface area contributed by atoms with Crippen molar-refractivity contribution >= 4 is 5.96 Å². The van der Waals surface area contributed by atoms with Gasteiger partial charge in [0.1, 0.15) is 6.10 Å². The van der Waals surface area contributed by atoms with Crippen LogP contribution in [-0.2, 0) is 14.2 Å². The van der Waals surface area contributed by atoms with Crippen LogP contribution >= 0.6 is 0 Å². The Balaban J connectivity index is 1.52. The lowest BCUT2D eigenvalue weighted by molar-refractivity contribution is 0.296. The molecule has 0 amide bonds. The van der Waals surface area contributed by atoms with E-state index >= 15 is 0 Å². The summed E-state index contributed by atoms with van der Waals surface area (Å²) in [5.74, 6) is 0.585. The van der Waals surface area contributed by atoms with Gasteiger partial charge >= 0.3 is 0 Å². The van der Waals surface area contributed by atoms with Crippen molar-refractivity contribution in [2.75, 3.05) is 39.5 Å². The van der Waals surface area contributed by atoms with Crippen LogP contribution in [0.25, 0.3) is 0 Å². The van der Waals surface area contributed by atoms with Gasteiger partial charge in [-0.15, -0.1) is 0 Å². The minimum Gasteiger partial charge on any atom is -0.371 e. The molecule has 6 heteroatoms. The zero-order chi connectivity index (χ0) is 11.0. The van der Waals surface area contributed by atoms with Crippen molar-refractivity contribution in [2.24, 2.45) is 10.7 Å². The molecule has 3 aliphatic heterocycles. The number of ether oxygens (including phenoxy) is 3. The highest BCUT2D eigenvalue weighted by Gasteiger charge is 2.32. The first-order valence-corrected chi connectivity index (χ1v) is 5.71. The van der Waals surface area contributed by atoms with E-state index < -0.39 is 0 Å². The Hall–Kier alpha value is -0.850. The maximum Gasteiger partial charge on any atom is 0.191 e. The average Bonchev–Trinajstić information content (AvgIpc) is 3.14. The number of nitrogens with two attached hydrogens (primary N) is 1. The van der Waals surface area contributed by atoms with Gasteiger partial charge in [-0.05, 0) is 0 Å². The molecule has 3 atom stereocenters. The van der Waals surface area contributed by atoms with E-state index in [2.05, 4.69) is 9.89 Å². The van der Waals surface area contributed by atoms with Crippen LogP contribution in [0, 0.1) is 0 Å². The summed E-state index contributed by atoms with van der Waals surface area (Å²) < 4.78 is 15.5. The second kappa shape index (κ2) is 4.20. The summed E-state index contributed by atoms with van der Waals surface area (Å²) in [6.07, 6.45) is 0.934. The van der Waals surface area contributed by atoms with E-state index in [9.17, 15) is 0 Å². The molecule has 90 valence electrons. The highest BCUT2D eigenvalue weighted by molar-refractivity contribution is 5.78. The van der Waals surface area contributed by atoms with E-state index in [4.69, 9.17) is 19.9 Å². The summed E-state index contributed by atoms with van der Waals surface area (Å²) in [5.41, 5.74) is 5.96. The van der Waals surface area contributed by atoms with Crippen molar-refractivity contribution in [3.05, 3.63) is 0 Å². The van der Waals surface area contributed by atoms with Gasteiger partial charge in [0.05, 0.1) is 38.6 Å². The van der Waals surface area contributed by atoms with Crippen molar-refractivity contribution in [3.8, 4) is 0 Å². The molecule has 3 fully saturated rings. The van der Waals surface area contributed by atoms with Crippen molar-refractivity contribution in [2.45, 2.75) is 18.3 Å². The van der Waals surface area contributed by atoms with Crippen molar-refractivity contribution in [1.82, 2.24) is 4.90 Å². The summed E-state index contributed by atoms with van der Waals surface area (Å²) in [6, 6.07) is 0. The molecule has 0 aliphatic carbocycles. The van der Waals surface area contributed by atoms with Crippen molar-refractivity contribution in [1.29, 1.82) is 0 Å². The molecule has 0 aromatic carbocycles. The summed E-state index contributed by atoms with van der Waals surface area (Å²) in [4.78, 5) is 6.39. The third-order valence-corrected chi connectivity index (χ3v) is 2.84. The third-order valence-electron chi connectivity index (χ3n) is 2.84. The van der Waals surface area contributed by atoms with Crippen molar-refractivity contribution in [3.63, 3.8) is 0 Å². The van der Waals surface area contributed by atoms with Crippen LogP contribution in [0.4, 0.5) is 0 Å². The van der Waals surface area contributed by atoms with Gasteiger partial charge in [-0.3, -0.25) is 4.99 Å². The molecule has 6 nitrogen and oxygen atoms in total. The minimum absolute atomic E-state index is 0.287. The van der Waals surface area contributed by atoms with Gasteiger partial charge in [-0.25, -0.2) is 0 Å². The molecule has 3 rings (SSSR count). The third kappa shape index (κ3) is 3.07. The quantitative estimate of drug-likeness (QED) is 0.350. The van der Waals surface area contributed by atoms with Crippen LogP contribution in [0.2, 0.25) is 0 Å². The monoisotopic (exact) mass is 227 g/mol. The molecule has 3 aliphatic rings. The molecule has 3 unspecified atom stereocenters. The predicted molar refractivity (Wildman–Crippen MR) is 57.3 cm³/mol. The molecular formula is C10H17N3O3. The van der Waals surface area contributed by atoms with Gasteiger partial charge in [-0.1, -0.05) is 0 Å². The molecule has 0 radical (unpaired) electrons. The van der Waals surface area contributed by atoms with E-state index in [1.54, 1.807) is 0 Å². The number of hydrogen-bond donors (Lipinski definition) is 1. The van der Waals surface area contributed by atoms with Gasteiger partial charge in [0.25, 0.3) is 0 Å². The van der Waals surface area contributed by atoms with Gasteiger partial charge < -0.3 is 24.8 Å². The Labute approximate surface area is 94.3 Å². The molecule has 2 N–H and O–H groups in total. The van der Waals surface area contributed by atoms with Crippen LogP contribution in [0.15, 0.2) is 4.99 Å². The molecule has 3 saturated heterocycles. The summed E-state index contributed by atoms with van der Waals surface area (Å²) in [6.45, 7) is 4.79. The maximum absolute atomic E-state index is 5.96. The number of epoxide rings is 3. The molecule has 0 aromatic rings. The Bertz CT molecular complexity index is 271. The summed E-state index contributed by atoms with van der Waals surface area (Å²) in [5, 5.41) is 0. The molecule has 0 spiro atoms. The lowest BCUT2D eigenvalue weighted by Crippen LogP contribution is -2.42. The molecule has 0 saturated carbocycles. The average molecular weight is 227 g/mol. The Morgan fingerprint density at radius 3 is 2.00 bits per heavy atom. The molecule has 3 heterocycles. The Kier molecular flexibility index (Phi) is 2.70. The number of nitrogens with zero attached hydrogens (tertiary/aromatic N) is 2. The smallest absolute Gasteiger partial charge is 0.191 e. The highest BCUT2D eigenvalue weighted by Crippen LogP contribution is 2.16. The second-order valence-electron chi connectivity index (χ2n) is 4.47. The Morgan fingerprint density at radius 2 is 1.56 bits per heavy atom. The van der Waals surface area contributed by atoms with Crippen LogP contribution < -0.4 is 5.73 Å². The van der Waals surface area contributed by atoms with Crippen LogP contribution in [0.3, 0.4) is 0 Å². The summed E-state index contributed by atoms with van der Waals surface area (Å²) in [7, 11) is 0. The molecule has 0 aromatic heterocycles. The number of hydrogen-bond acceptors (Lipinski definition) is 4. The van der Waals surface area contributed by atoms with E-state index in [0.29, 0.717) is 24.7 Å². The van der Waals surface area contributed by atoms with Crippen LogP contribution in [0.1, 0.15) is 0 Å². The van der Waals surface area contributed by atoms with Gasteiger partial charge in [0.15, 0.2) is 5.96 Å². The topological polar surface area (TPSA) is 79.2 Å². The SMILES string of the molecule is NC(=NCC1CO1)N(CC1CO1)CC1CO1. The predicted octanol–water partition coefficient (Wildman–Crippen LogP) is -1.20. The zero-order valence-corrected chi connectivity index (χ0v) is 9.17. The van der Waals surface area contributed by atoms with Gasteiger partial charge in [-0.2, -0.15) is 0 Å². The maximum atomic E-state index is 5.96. The first kappa shape index (κ1) is 10.3. The zero-order valence-electron chi connectivity index (χ0n) is 9.17. The fourth-order valence-corrected chi connectivity index (χ4v) is 1.57. The van der Waals surface area contributed by atoms with Crippen molar-refractivity contribution < 1.29 is 14.2 Å². The lowest BCUT2D eigenvalue weighted by Gasteiger charge is -2.21. The van der Waals surface area contributed by atoms with E-state index in [1.165, 1.54) is 0 Å². The lowest BCUT2D eigenvalue weighted by atomic mass is 10.3. The summed E-state index contributed by atoms with van der Waals surface area (Å²) >= 11 is 0. The van der Waals surface area contributed by atoms with E-state index in [0.717, 1.165) is 32.9 Å². The first-order valence-electron chi connectivity index (χ1n) is 5.71. The van der Waals surface area contributed by atoms with Crippen LogP contribution in [-0.4, -0.2) is 68.6 Å². The number of rotatable bonds is 6. The number of aliphatic imine (C=N–C) groups is 1. The molecule has 16 heavy (non-hydrogen) atoms. The standard InChI is InChI=1S/C10H17N3O3/c11-10(12-1-7-4-14-7)13(2-8-5-15-8)3-9-6-16-9/h7-9H,1-6H2,(H2,11,12). The van der Waals surface area contributed by atoms with E-state index in [-0.39, 0.29) is 6.10 Å². The molecule has 0 bridgehead atoms.